The number of nitrogens with zero attached hydrogens (tertiary/aromatic N) is 2. The minimum absolute atomic E-state index is 0.0328. The molecule has 2 aliphatic carbocycles. The van der Waals surface area contributed by atoms with Crippen LogP contribution in [0.15, 0.2) is 66.4 Å². The van der Waals surface area contributed by atoms with Crippen LogP contribution in [-0.2, 0) is 22.1 Å². The second kappa shape index (κ2) is 8.69. The van der Waals surface area contributed by atoms with Gasteiger partial charge >= 0.3 is 0 Å². The first-order valence-electron chi connectivity index (χ1n) is 13.5. The van der Waals surface area contributed by atoms with Crippen molar-refractivity contribution in [3.8, 4) is 0 Å². The molecule has 0 saturated heterocycles. The molecule has 2 heterocycles. The van der Waals surface area contributed by atoms with Gasteiger partial charge in [0.15, 0.2) is 17.3 Å². The van der Waals surface area contributed by atoms with Crippen LogP contribution >= 0.6 is 0 Å². The largest absolute Gasteiger partial charge is 0.350 e. The maximum atomic E-state index is 13.6. The standard InChI is InChI=1S/C32H35N2O2/c1-21(2)15-18-34-27-14-8-6-12-25(27)32(16-9-4-10-17-32)28(34)19-23-30(35)29(31(23)36)24-20-33(3)26-13-7-5-11-22(24)26/h5-8,11-14,19-21,29H,4,9-10,15-18H2,1-3H3/q+1. The molecule has 4 heteroatoms. The summed E-state index contributed by atoms with van der Waals surface area (Å²) in [6.45, 7) is 5.42. The highest BCUT2D eigenvalue weighted by Gasteiger charge is 2.54. The number of allylic oxidation sites excluding steroid dienone is 2. The molecule has 3 aromatic rings. The summed E-state index contributed by atoms with van der Waals surface area (Å²) >= 11 is 0. The van der Waals surface area contributed by atoms with Gasteiger partial charge in [-0.2, -0.15) is 4.58 Å². The van der Waals surface area contributed by atoms with Crippen LogP contribution in [-0.4, -0.2) is 33.0 Å². The highest BCUT2D eigenvalue weighted by molar-refractivity contribution is 6.43. The van der Waals surface area contributed by atoms with Gasteiger partial charge in [-0.25, -0.2) is 0 Å². The van der Waals surface area contributed by atoms with Gasteiger partial charge in [0.2, 0.25) is 5.69 Å². The lowest BCUT2D eigenvalue weighted by molar-refractivity contribution is -0.439. The van der Waals surface area contributed by atoms with E-state index < -0.39 is 5.92 Å². The summed E-state index contributed by atoms with van der Waals surface area (Å²) in [7, 11) is 1.97. The fraction of sp³-hybridized carbons (Fsp3) is 0.406. The lowest BCUT2D eigenvalue weighted by Gasteiger charge is -2.32. The number of carbonyl (C=O) groups is 2. The molecule has 2 aromatic carbocycles. The molecule has 0 bridgehead atoms. The van der Waals surface area contributed by atoms with Gasteiger partial charge in [0.25, 0.3) is 0 Å². The molecule has 2 saturated carbocycles. The number of hydrogen-bond acceptors (Lipinski definition) is 2. The van der Waals surface area contributed by atoms with Gasteiger partial charge in [0.05, 0.1) is 11.0 Å². The van der Waals surface area contributed by atoms with E-state index in [2.05, 4.69) is 42.7 Å². The topological polar surface area (TPSA) is 42.1 Å². The first kappa shape index (κ1) is 23.1. The van der Waals surface area contributed by atoms with Crippen molar-refractivity contribution in [2.75, 3.05) is 6.54 Å². The summed E-state index contributed by atoms with van der Waals surface area (Å²) in [6, 6.07) is 16.8. The number of rotatable bonds is 5. The van der Waals surface area contributed by atoms with Crippen molar-refractivity contribution in [3.05, 3.63) is 77.5 Å². The Kier molecular flexibility index (Phi) is 5.59. The average Bonchev–Trinajstić information content (AvgIpc) is 3.34. The highest BCUT2D eigenvalue weighted by atomic mass is 16.2. The summed E-state index contributed by atoms with van der Waals surface area (Å²) in [5.74, 6) is -0.168. The molecule has 0 unspecified atom stereocenters. The molecule has 0 amide bonds. The van der Waals surface area contributed by atoms with E-state index in [1.807, 2.05) is 48.2 Å². The van der Waals surface area contributed by atoms with Gasteiger partial charge in [0.1, 0.15) is 12.5 Å². The minimum atomic E-state index is -0.682. The molecule has 3 aliphatic rings. The molecule has 6 rings (SSSR count). The van der Waals surface area contributed by atoms with Crippen molar-refractivity contribution in [1.29, 1.82) is 0 Å². The van der Waals surface area contributed by atoms with Crippen molar-refractivity contribution in [1.82, 2.24) is 4.57 Å². The fourth-order valence-electron chi connectivity index (χ4n) is 6.80. The molecular formula is C32H35N2O2+. The zero-order valence-electron chi connectivity index (χ0n) is 21.6. The van der Waals surface area contributed by atoms with Crippen molar-refractivity contribution in [3.63, 3.8) is 0 Å². The van der Waals surface area contributed by atoms with E-state index in [9.17, 15) is 9.59 Å². The summed E-state index contributed by atoms with van der Waals surface area (Å²) in [6.07, 6.45) is 10.8. The number of carbonyl (C=O) groups excluding carboxylic acids is 2. The Labute approximate surface area is 213 Å². The molecular weight excluding hydrogens is 444 g/mol. The van der Waals surface area contributed by atoms with Crippen LogP contribution in [0.2, 0.25) is 0 Å². The maximum absolute atomic E-state index is 13.6. The zero-order valence-corrected chi connectivity index (χ0v) is 21.6. The molecule has 4 nitrogen and oxygen atoms in total. The average molecular weight is 480 g/mol. The zero-order chi connectivity index (χ0) is 25.0. The van der Waals surface area contributed by atoms with Gasteiger partial charge in [-0.1, -0.05) is 69.5 Å². The number of hydrogen-bond donors (Lipinski definition) is 0. The molecule has 0 radical (unpaired) electrons. The van der Waals surface area contributed by atoms with Gasteiger partial charge in [-0.3, -0.25) is 9.59 Å². The molecule has 2 fully saturated rings. The predicted molar refractivity (Wildman–Crippen MR) is 144 cm³/mol. The molecule has 184 valence electrons. The number of benzene rings is 2. The number of Topliss-reactive ketones (excluding diaryl/α,β-unsaturated/α-hetero) is 2. The summed E-state index contributed by atoms with van der Waals surface area (Å²) in [5.41, 5.74) is 5.99. The molecule has 1 aliphatic heterocycles. The lowest BCUT2D eigenvalue weighted by atomic mass is 9.65. The quantitative estimate of drug-likeness (QED) is 0.184. The second-order valence-electron chi connectivity index (χ2n) is 11.3. The molecule has 1 aromatic heterocycles. The third kappa shape index (κ3) is 3.37. The Morgan fingerprint density at radius 2 is 1.69 bits per heavy atom. The molecule has 0 N–H and O–H groups in total. The predicted octanol–water partition coefficient (Wildman–Crippen LogP) is 6.39. The monoisotopic (exact) mass is 479 g/mol. The van der Waals surface area contributed by atoms with Crippen LogP contribution in [0, 0.1) is 5.92 Å². The van der Waals surface area contributed by atoms with E-state index in [1.165, 1.54) is 36.2 Å². The van der Waals surface area contributed by atoms with Crippen LogP contribution in [0.5, 0.6) is 0 Å². The maximum Gasteiger partial charge on any atom is 0.209 e. The van der Waals surface area contributed by atoms with Gasteiger partial charge in [-0.05, 0) is 30.4 Å². The Balaban J connectivity index is 1.44. The third-order valence-corrected chi connectivity index (χ3v) is 8.70. The smallest absolute Gasteiger partial charge is 0.209 e. The Hall–Kier alpha value is -3.27. The van der Waals surface area contributed by atoms with Gasteiger partial charge in [0, 0.05) is 48.3 Å². The number of fused-ring (bicyclic) bond motifs is 3. The van der Waals surface area contributed by atoms with E-state index >= 15 is 0 Å². The number of aryl methyl sites for hydroxylation is 1. The van der Waals surface area contributed by atoms with Crippen LogP contribution < -0.4 is 0 Å². The number of para-hydroxylation sites is 2. The minimum Gasteiger partial charge on any atom is -0.350 e. The second-order valence-corrected chi connectivity index (χ2v) is 11.3. The third-order valence-electron chi connectivity index (χ3n) is 8.70. The van der Waals surface area contributed by atoms with Crippen LogP contribution in [0.4, 0.5) is 5.69 Å². The van der Waals surface area contributed by atoms with E-state index in [-0.39, 0.29) is 17.0 Å². The number of aromatic nitrogens is 1. The summed E-state index contributed by atoms with van der Waals surface area (Å²) < 4.78 is 4.44. The van der Waals surface area contributed by atoms with Crippen molar-refractivity contribution in [2.45, 2.75) is 63.7 Å². The molecule has 0 atom stereocenters. The Morgan fingerprint density at radius 3 is 2.44 bits per heavy atom. The van der Waals surface area contributed by atoms with Crippen molar-refractivity contribution < 1.29 is 14.2 Å². The number of ketones is 2. The Morgan fingerprint density at radius 1 is 1.00 bits per heavy atom. The fourth-order valence-corrected chi connectivity index (χ4v) is 6.80. The lowest BCUT2D eigenvalue weighted by Crippen LogP contribution is -2.42. The van der Waals surface area contributed by atoms with E-state index in [0.717, 1.165) is 42.3 Å². The molecule has 1 spiro atoms. The Bertz CT molecular complexity index is 1430. The SMILES string of the molecule is CC(C)CC[N+]1=C(C=C2C(=O)C(c3cn(C)c4ccccc34)C2=O)C2(CCCCC2)c2ccccc21. The summed E-state index contributed by atoms with van der Waals surface area (Å²) in [4.78, 5) is 27.2. The van der Waals surface area contributed by atoms with Crippen LogP contribution in [0.1, 0.15) is 69.4 Å². The molecule has 36 heavy (non-hydrogen) atoms. The van der Waals surface area contributed by atoms with Gasteiger partial charge < -0.3 is 4.57 Å². The highest BCUT2D eigenvalue weighted by Crippen LogP contribution is 2.50. The van der Waals surface area contributed by atoms with E-state index in [1.54, 1.807) is 0 Å². The van der Waals surface area contributed by atoms with Crippen molar-refractivity contribution in [2.24, 2.45) is 13.0 Å². The van der Waals surface area contributed by atoms with Crippen molar-refractivity contribution >= 4 is 33.9 Å². The van der Waals surface area contributed by atoms with E-state index in [0.29, 0.717) is 11.5 Å². The van der Waals surface area contributed by atoms with Crippen LogP contribution in [0.25, 0.3) is 10.9 Å². The van der Waals surface area contributed by atoms with Crippen LogP contribution in [0.3, 0.4) is 0 Å². The van der Waals surface area contributed by atoms with Gasteiger partial charge in [-0.15, -0.1) is 0 Å². The normalized spacial score (nSPS) is 21.0. The van der Waals surface area contributed by atoms with E-state index in [4.69, 9.17) is 0 Å². The first-order valence-corrected chi connectivity index (χ1v) is 13.5. The summed E-state index contributed by atoms with van der Waals surface area (Å²) in [5, 5.41) is 0.994. The first-order chi connectivity index (χ1) is 17.4.